The van der Waals surface area contributed by atoms with Gasteiger partial charge in [-0.2, -0.15) is 5.10 Å². The van der Waals surface area contributed by atoms with Crippen molar-refractivity contribution in [2.75, 3.05) is 13.7 Å². The van der Waals surface area contributed by atoms with Gasteiger partial charge in [-0.05, 0) is 32.2 Å². The van der Waals surface area contributed by atoms with Crippen LogP contribution in [0.3, 0.4) is 0 Å². The number of aryl methyl sites for hydroxylation is 1. The highest BCUT2D eigenvalue weighted by atomic mass is 32.1. The van der Waals surface area contributed by atoms with Crippen molar-refractivity contribution >= 4 is 23.2 Å². The molecular weight excluding hydrogens is 364 g/mol. The lowest BCUT2D eigenvalue weighted by Gasteiger charge is -2.38. The lowest BCUT2D eigenvalue weighted by molar-refractivity contribution is -0.133. The molecule has 1 saturated heterocycles. The van der Waals surface area contributed by atoms with Crippen molar-refractivity contribution in [2.24, 2.45) is 13.0 Å². The number of amides is 2. The first-order valence-corrected chi connectivity index (χ1v) is 9.80. The van der Waals surface area contributed by atoms with Crippen LogP contribution in [0.25, 0.3) is 0 Å². The molecule has 2 aromatic heterocycles. The first kappa shape index (κ1) is 19.4. The van der Waals surface area contributed by atoms with Crippen LogP contribution in [-0.2, 0) is 11.8 Å². The summed E-state index contributed by atoms with van der Waals surface area (Å²) in [4.78, 5) is 27.8. The normalized spacial score (nSPS) is 20.2. The number of hydrogen-bond donors (Lipinski definition) is 1. The molecule has 2 aromatic rings. The molecule has 3 rings (SSSR count). The van der Waals surface area contributed by atoms with Gasteiger partial charge in [0.15, 0.2) is 0 Å². The highest BCUT2D eigenvalue weighted by molar-refractivity contribution is 7.12. The minimum atomic E-state index is -0.312. The summed E-state index contributed by atoms with van der Waals surface area (Å²) in [6, 6.07) is 1.66. The first-order chi connectivity index (χ1) is 12.7. The number of hydrogen-bond acceptors (Lipinski definition) is 5. The molecule has 8 heteroatoms. The predicted molar refractivity (Wildman–Crippen MR) is 104 cm³/mol. The van der Waals surface area contributed by atoms with E-state index in [0.29, 0.717) is 23.6 Å². The maximum Gasteiger partial charge on any atom is 0.265 e. The molecule has 1 aliphatic heterocycles. The zero-order chi connectivity index (χ0) is 19.8. The fraction of sp³-hybridized carbons (Fsp3) is 0.526. The summed E-state index contributed by atoms with van der Waals surface area (Å²) in [5, 5.41) is 9.08. The van der Waals surface area contributed by atoms with Crippen LogP contribution in [0.2, 0.25) is 0 Å². The van der Waals surface area contributed by atoms with Gasteiger partial charge in [0.2, 0.25) is 5.91 Å². The number of methoxy groups -OCH3 is 1. The van der Waals surface area contributed by atoms with Gasteiger partial charge < -0.3 is 15.0 Å². The third-order valence-electron chi connectivity index (χ3n) is 4.80. The third kappa shape index (κ3) is 3.85. The average Bonchev–Trinajstić information content (AvgIpc) is 3.29. The molecule has 0 saturated carbocycles. The van der Waals surface area contributed by atoms with Crippen molar-refractivity contribution in [3.05, 3.63) is 34.3 Å². The van der Waals surface area contributed by atoms with Crippen molar-refractivity contribution in [1.82, 2.24) is 20.0 Å². The molecular formula is C19H26N4O3S. The molecule has 1 fully saturated rings. The standard InChI is InChI=1S/C19H26N4O3S/c1-19(2,3)23-15(24)8-12(16(23)13-10-21-22(4)11-13)9-20-18(25)17-14(26-5)6-7-27-17/h6-7,10-12,16H,8-9H2,1-5H3,(H,20,25)/t12-,16+/m0/s1. The Kier molecular flexibility index (Phi) is 5.28. The van der Waals surface area contributed by atoms with Crippen LogP contribution in [0.1, 0.15) is 48.5 Å². The second-order valence-corrected chi connectivity index (χ2v) is 8.74. The van der Waals surface area contributed by atoms with Crippen molar-refractivity contribution in [1.29, 1.82) is 0 Å². The van der Waals surface area contributed by atoms with Gasteiger partial charge in [0.05, 0.1) is 19.3 Å². The van der Waals surface area contributed by atoms with E-state index in [9.17, 15) is 9.59 Å². The molecule has 2 atom stereocenters. The largest absolute Gasteiger partial charge is 0.495 e. The Labute approximate surface area is 163 Å². The van der Waals surface area contributed by atoms with Gasteiger partial charge in [0.25, 0.3) is 5.91 Å². The third-order valence-corrected chi connectivity index (χ3v) is 5.69. The Bertz CT molecular complexity index is 836. The van der Waals surface area contributed by atoms with Crippen LogP contribution in [0.5, 0.6) is 5.75 Å². The summed E-state index contributed by atoms with van der Waals surface area (Å²) in [6.45, 7) is 6.51. The number of aromatic nitrogens is 2. The maximum absolute atomic E-state index is 12.8. The average molecular weight is 391 g/mol. The van der Waals surface area contributed by atoms with Crippen molar-refractivity contribution < 1.29 is 14.3 Å². The topological polar surface area (TPSA) is 76.5 Å². The van der Waals surface area contributed by atoms with Crippen molar-refractivity contribution in [3.8, 4) is 5.75 Å². The van der Waals surface area contributed by atoms with Crippen LogP contribution < -0.4 is 10.1 Å². The fourth-order valence-electron chi connectivity index (χ4n) is 3.72. The summed E-state index contributed by atoms with van der Waals surface area (Å²) in [5.41, 5.74) is 0.680. The van der Waals surface area contributed by atoms with Crippen LogP contribution >= 0.6 is 11.3 Å². The number of nitrogens with one attached hydrogen (secondary N) is 1. The number of carbonyl (C=O) groups excluding carboxylic acids is 2. The monoisotopic (exact) mass is 390 g/mol. The molecule has 2 amide bonds. The number of ether oxygens (including phenoxy) is 1. The molecule has 7 nitrogen and oxygen atoms in total. The number of rotatable bonds is 5. The molecule has 146 valence electrons. The summed E-state index contributed by atoms with van der Waals surface area (Å²) >= 11 is 1.34. The van der Waals surface area contributed by atoms with Crippen LogP contribution in [0.4, 0.5) is 0 Å². The smallest absolute Gasteiger partial charge is 0.265 e. The molecule has 0 aromatic carbocycles. The number of thiophene rings is 1. The van der Waals surface area contributed by atoms with E-state index in [4.69, 9.17) is 4.74 Å². The molecule has 0 bridgehead atoms. The molecule has 0 radical (unpaired) electrons. The second kappa shape index (κ2) is 7.34. The highest BCUT2D eigenvalue weighted by Gasteiger charge is 2.45. The van der Waals surface area contributed by atoms with Gasteiger partial charge in [-0.1, -0.05) is 0 Å². The maximum atomic E-state index is 12.8. The fourth-order valence-corrected chi connectivity index (χ4v) is 4.49. The van der Waals surface area contributed by atoms with E-state index in [1.54, 1.807) is 24.1 Å². The minimum absolute atomic E-state index is 0.0177. The van der Waals surface area contributed by atoms with E-state index >= 15 is 0 Å². The van der Waals surface area contributed by atoms with Gasteiger partial charge in [0, 0.05) is 43.2 Å². The molecule has 3 heterocycles. The van der Waals surface area contributed by atoms with Gasteiger partial charge in [-0.25, -0.2) is 0 Å². The van der Waals surface area contributed by atoms with Gasteiger partial charge in [0.1, 0.15) is 10.6 Å². The van der Waals surface area contributed by atoms with Crippen LogP contribution in [0, 0.1) is 5.92 Å². The number of carbonyl (C=O) groups is 2. The highest BCUT2D eigenvalue weighted by Crippen LogP contribution is 2.42. The zero-order valence-electron chi connectivity index (χ0n) is 16.4. The summed E-state index contributed by atoms with van der Waals surface area (Å²) in [7, 11) is 3.41. The van der Waals surface area contributed by atoms with Gasteiger partial charge >= 0.3 is 0 Å². The molecule has 0 unspecified atom stereocenters. The quantitative estimate of drug-likeness (QED) is 0.851. The van der Waals surface area contributed by atoms with E-state index in [1.165, 1.54) is 11.3 Å². The Morgan fingerprint density at radius 3 is 2.78 bits per heavy atom. The van der Waals surface area contributed by atoms with Crippen LogP contribution in [-0.4, -0.2) is 45.7 Å². The predicted octanol–water partition coefficient (Wildman–Crippen LogP) is 2.61. The SMILES string of the molecule is COc1ccsc1C(=O)NC[C@@H]1CC(=O)N(C(C)(C)C)[C@H]1c1cnn(C)c1. The van der Waals surface area contributed by atoms with Crippen LogP contribution in [0.15, 0.2) is 23.8 Å². The van der Waals surface area contributed by atoms with E-state index in [1.807, 2.05) is 44.3 Å². The van der Waals surface area contributed by atoms with E-state index in [2.05, 4.69) is 10.4 Å². The Morgan fingerprint density at radius 2 is 2.19 bits per heavy atom. The second-order valence-electron chi connectivity index (χ2n) is 7.82. The van der Waals surface area contributed by atoms with Gasteiger partial charge in [-0.15, -0.1) is 11.3 Å². The Balaban J connectivity index is 1.81. The van der Waals surface area contributed by atoms with E-state index in [0.717, 1.165) is 5.56 Å². The number of nitrogens with zero attached hydrogens (tertiary/aromatic N) is 3. The van der Waals surface area contributed by atoms with Gasteiger partial charge in [-0.3, -0.25) is 14.3 Å². The molecule has 1 N–H and O–H groups in total. The zero-order valence-corrected chi connectivity index (χ0v) is 17.2. The number of likely N-dealkylation sites (tertiary alicyclic amines) is 1. The first-order valence-electron chi connectivity index (χ1n) is 8.92. The molecule has 0 spiro atoms. The lowest BCUT2D eigenvalue weighted by Crippen LogP contribution is -2.44. The molecule has 0 aliphatic carbocycles. The van der Waals surface area contributed by atoms with E-state index < -0.39 is 0 Å². The summed E-state index contributed by atoms with van der Waals surface area (Å²) in [5.74, 6) is 0.480. The lowest BCUT2D eigenvalue weighted by atomic mass is 9.93. The minimum Gasteiger partial charge on any atom is -0.495 e. The van der Waals surface area contributed by atoms with Crippen molar-refractivity contribution in [3.63, 3.8) is 0 Å². The summed E-state index contributed by atoms with van der Waals surface area (Å²) < 4.78 is 6.97. The summed E-state index contributed by atoms with van der Waals surface area (Å²) in [6.07, 6.45) is 4.15. The van der Waals surface area contributed by atoms with E-state index in [-0.39, 0.29) is 29.3 Å². The van der Waals surface area contributed by atoms with Crippen molar-refractivity contribution in [2.45, 2.75) is 38.8 Å². The molecule has 1 aliphatic rings. The molecule has 27 heavy (non-hydrogen) atoms. The Hall–Kier alpha value is -2.35. The Morgan fingerprint density at radius 1 is 1.44 bits per heavy atom.